The molecule has 3 aliphatic rings. The number of halogens is 1. The number of ether oxygens (including phenoxy) is 2. The van der Waals surface area contributed by atoms with Crippen molar-refractivity contribution in [2.45, 2.75) is 25.0 Å². The fourth-order valence-electron chi connectivity index (χ4n) is 4.18. The number of esters is 1. The predicted octanol–water partition coefficient (Wildman–Crippen LogP) is 1.36. The van der Waals surface area contributed by atoms with Gasteiger partial charge in [0.15, 0.2) is 11.3 Å². The molecule has 3 aliphatic heterocycles. The van der Waals surface area contributed by atoms with Gasteiger partial charge in [0.1, 0.15) is 29.3 Å². The molecule has 0 aromatic heterocycles. The zero-order valence-electron chi connectivity index (χ0n) is 19.6. The normalized spacial score (nSPS) is 23.6. The Balaban J connectivity index is 1.68. The van der Waals surface area contributed by atoms with E-state index in [2.05, 4.69) is 10.3 Å². The first kappa shape index (κ1) is 25.1. The summed E-state index contributed by atoms with van der Waals surface area (Å²) in [5, 5.41) is 13.1. The number of amides is 3. The van der Waals surface area contributed by atoms with Gasteiger partial charge in [0, 0.05) is 19.7 Å². The second-order valence-corrected chi connectivity index (χ2v) is 9.02. The molecule has 3 atom stereocenters. The van der Waals surface area contributed by atoms with Crippen molar-refractivity contribution in [1.82, 2.24) is 15.1 Å². The summed E-state index contributed by atoms with van der Waals surface area (Å²) in [6.07, 6.45) is -0.726. The maximum atomic E-state index is 14.8. The summed E-state index contributed by atoms with van der Waals surface area (Å²) in [7, 11) is 2.93. The van der Waals surface area contributed by atoms with Crippen molar-refractivity contribution in [2.24, 2.45) is 10.7 Å². The number of imide groups is 1. The highest BCUT2D eigenvalue weighted by molar-refractivity contribution is 8.14. The Kier molecular flexibility index (Phi) is 6.89. The van der Waals surface area contributed by atoms with E-state index in [0.29, 0.717) is 5.17 Å². The molecule has 0 aliphatic carbocycles. The molecule has 0 spiro atoms. The third-order valence-electron chi connectivity index (χ3n) is 5.96. The molecule has 13 heteroatoms. The molecular weight excluding hydrogens is 491 g/mol. The van der Waals surface area contributed by atoms with E-state index in [-0.39, 0.29) is 40.7 Å². The average molecular weight is 515 g/mol. The molecule has 3 heterocycles. The Morgan fingerprint density at radius 1 is 1.36 bits per heavy atom. The van der Waals surface area contributed by atoms with Crippen LogP contribution in [0.3, 0.4) is 0 Å². The van der Waals surface area contributed by atoms with E-state index < -0.39 is 41.9 Å². The van der Waals surface area contributed by atoms with Crippen molar-refractivity contribution in [3.05, 3.63) is 58.4 Å². The minimum absolute atomic E-state index is 0.00846. The maximum Gasteiger partial charge on any atom is 0.338 e. The number of rotatable bonds is 5. The van der Waals surface area contributed by atoms with Crippen LogP contribution in [0.2, 0.25) is 0 Å². The van der Waals surface area contributed by atoms with Gasteiger partial charge in [0.2, 0.25) is 5.88 Å². The molecule has 0 saturated carbocycles. The number of amidine groups is 1. The quantitative estimate of drug-likeness (QED) is 0.555. The third-order valence-corrected chi connectivity index (χ3v) is 6.86. The molecule has 3 N–H and O–H groups in total. The lowest BCUT2D eigenvalue weighted by Crippen LogP contribution is -2.63. The van der Waals surface area contributed by atoms with E-state index in [4.69, 9.17) is 15.2 Å². The van der Waals surface area contributed by atoms with E-state index in [0.717, 1.165) is 16.7 Å². The molecule has 1 fully saturated rings. The van der Waals surface area contributed by atoms with Gasteiger partial charge in [0.05, 0.1) is 23.9 Å². The molecule has 1 aromatic carbocycles. The van der Waals surface area contributed by atoms with Crippen LogP contribution >= 0.6 is 11.8 Å². The van der Waals surface area contributed by atoms with Crippen LogP contribution in [0.25, 0.3) is 0 Å². The molecule has 0 bridgehead atoms. The summed E-state index contributed by atoms with van der Waals surface area (Å²) in [5.74, 6) is -3.17. The third kappa shape index (κ3) is 4.24. The monoisotopic (exact) mass is 514 g/mol. The summed E-state index contributed by atoms with van der Waals surface area (Å²) in [5.41, 5.74) is 5.91. The Bertz CT molecular complexity index is 1270. The number of allylic oxidation sites excluding steroid dienone is 1. The van der Waals surface area contributed by atoms with Crippen LogP contribution in [0.15, 0.2) is 52.0 Å². The van der Waals surface area contributed by atoms with Gasteiger partial charge >= 0.3 is 12.0 Å². The Hall–Kier alpha value is -4.05. The first-order chi connectivity index (χ1) is 17.2. The van der Waals surface area contributed by atoms with Crippen LogP contribution in [-0.4, -0.2) is 71.5 Å². The van der Waals surface area contributed by atoms with E-state index in [1.54, 1.807) is 20.0 Å². The number of likely N-dealkylation sites (N-methyl/N-ethyl adjacent to an activating group) is 2. The molecule has 1 saturated heterocycles. The average Bonchev–Trinajstić information content (AvgIpc) is 3.29. The SMILES string of the molecule is CCOC(=O)C1=C(CSC2=N[C@@H]3[C@H](N2)C(=O)N(C)C(=O)N3C)OC(N)=C(C#N)[C@H]1c1ccccc1F. The standard InChI is InChI=1S/C23H23FN6O5S/c1-4-34-21(32)16-14(35-18(26)12(9-25)15(16)11-7-5-6-8-13(11)24)10-36-22-27-17-19(28-22)29(2)23(33)30(3)20(17)31/h5-8,15,17,19H,4,10,26H2,1-3H3,(H,27,28)/t15-,17+,19+/m1/s1. The van der Waals surface area contributed by atoms with Gasteiger partial charge in [-0.15, -0.1) is 0 Å². The number of fused-ring (bicyclic) bond motifs is 1. The summed E-state index contributed by atoms with van der Waals surface area (Å²) in [4.78, 5) is 44.6. The van der Waals surface area contributed by atoms with E-state index >= 15 is 0 Å². The number of hydrogen-bond acceptors (Lipinski definition) is 10. The number of thioether (sulfide) groups is 1. The molecular formula is C23H23FN6O5S. The van der Waals surface area contributed by atoms with Gasteiger partial charge in [-0.2, -0.15) is 5.26 Å². The summed E-state index contributed by atoms with van der Waals surface area (Å²) in [6.45, 7) is 1.66. The van der Waals surface area contributed by atoms with Gasteiger partial charge in [-0.25, -0.2) is 19.0 Å². The topological polar surface area (TPSA) is 150 Å². The molecule has 0 unspecified atom stereocenters. The van der Waals surface area contributed by atoms with Crippen molar-refractivity contribution >= 4 is 34.8 Å². The van der Waals surface area contributed by atoms with E-state index in [9.17, 15) is 24.0 Å². The van der Waals surface area contributed by atoms with Crippen LogP contribution in [0.4, 0.5) is 9.18 Å². The zero-order valence-corrected chi connectivity index (χ0v) is 20.5. The smallest absolute Gasteiger partial charge is 0.338 e. The van der Waals surface area contributed by atoms with Crippen LogP contribution in [0, 0.1) is 17.1 Å². The number of carbonyl (C=O) groups excluding carboxylic acids is 3. The highest BCUT2D eigenvalue weighted by Crippen LogP contribution is 2.41. The molecule has 3 amide bonds. The van der Waals surface area contributed by atoms with Gasteiger partial charge in [0.25, 0.3) is 5.91 Å². The molecule has 188 valence electrons. The second kappa shape index (κ2) is 9.90. The Morgan fingerprint density at radius 3 is 2.75 bits per heavy atom. The van der Waals surface area contributed by atoms with Gasteiger partial charge in [-0.05, 0) is 13.0 Å². The number of nitriles is 1. The lowest BCUT2D eigenvalue weighted by molar-refractivity contribution is -0.139. The Labute approximate surface area is 210 Å². The van der Waals surface area contributed by atoms with Gasteiger partial charge in [-0.1, -0.05) is 30.0 Å². The molecule has 36 heavy (non-hydrogen) atoms. The minimum atomic E-state index is -1.14. The van der Waals surface area contributed by atoms with Gasteiger partial charge < -0.3 is 25.4 Å². The van der Waals surface area contributed by atoms with Crippen molar-refractivity contribution < 1.29 is 28.2 Å². The highest BCUT2D eigenvalue weighted by Gasteiger charge is 2.47. The van der Waals surface area contributed by atoms with Gasteiger partial charge in [-0.3, -0.25) is 9.69 Å². The number of hydrogen-bond donors (Lipinski definition) is 2. The minimum Gasteiger partial charge on any atom is -0.463 e. The maximum absolute atomic E-state index is 14.8. The summed E-state index contributed by atoms with van der Waals surface area (Å²) in [6, 6.07) is 6.45. The highest BCUT2D eigenvalue weighted by atomic mass is 32.2. The van der Waals surface area contributed by atoms with Crippen LogP contribution in [-0.2, 0) is 19.1 Å². The second-order valence-electron chi connectivity index (χ2n) is 8.05. The number of urea groups is 1. The first-order valence-corrected chi connectivity index (χ1v) is 11.9. The summed E-state index contributed by atoms with van der Waals surface area (Å²) < 4.78 is 25.7. The largest absolute Gasteiger partial charge is 0.463 e. The molecule has 11 nitrogen and oxygen atoms in total. The van der Waals surface area contributed by atoms with Crippen molar-refractivity contribution in [2.75, 3.05) is 26.5 Å². The van der Waals surface area contributed by atoms with Crippen LogP contribution in [0.5, 0.6) is 0 Å². The number of nitrogens with one attached hydrogen (secondary N) is 1. The fourth-order valence-corrected chi connectivity index (χ4v) is 5.06. The first-order valence-electron chi connectivity index (χ1n) is 10.9. The number of nitrogens with two attached hydrogens (primary N) is 1. The number of nitrogens with zero attached hydrogens (tertiary/aromatic N) is 4. The Morgan fingerprint density at radius 2 is 2.08 bits per heavy atom. The van der Waals surface area contributed by atoms with Crippen molar-refractivity contribution in [3.8, 4) is 6.07 Å². The zero-order chi connectivity index (χ0) is 26.1. The van der Waals surface area contributed by atoms with E-state index in [1.807, 2.05) is 6.07 Å². The van der Waals surface area contributed by atoms with Crippen molar-refractivity contribution in [3.63, 3.8) is 0 Å². The number of benzene rings is 1. The molecule has 4 rings (SSSR count). The molecule has 0 radical (unpaired) electrons. The summed E-state index contributed by atoms with van der Waals surface area (Å²) >= 11 is 1.10. The van der Waals surface area contributed by atoms with Crippen LogP contribution < -0.4 is 11.1 Å². The van der Waals surface area contributed by atoms with Crippen LogP contribution in [0.1, 0.15) is 18.4 Å². The fraction of sp³-hybridized carbons (Fsp3) is 0.348. The van der Waals surface area contributed by atoms with Crippen molar-refractivity contribution in [1.29, 1.82) is 5.26 Å². The lowest BCUT2D eigenvalue weighted by Gasteiger charge is -2.36. The molecule has 1 aromatic rings. The predicted molar refractivity (Wildman–Crippen MR) is 127 cm³/mol. The van der Waals surface area contributed by atoms with E-state index in [1.165, 1.54) is 30.1 Å². The number of carbonyl (C=O) groups is 3. The lowest BCUT2D eigenvalue weighted by atomic mass is 9.83. The number of aliphatic imine (C=N–C) groups is 1.